The molecule has 2 aromatic carbocycles. The number of hydrogen-bond donors (Lipinski definition) is 0. The predicted octanol–water partition coefficient (Wildman–Crippen LogP) is 4.29. The first-order chi connectivity index (χ1) is 13.1. The second kappa shape index (κ2) is 9.36. The van der Waals surface area contributed by atoms with Crippen molar-refractivity contribution in [3.63, 3.8) is 0 Å². The molecule has 0 N–H and O–H groups in total. The van der Waals surface area contributed by atoms with Crippen molar-refractivity contribution < 1.29 is 9.53 Å². The van der Waals surface area contributed by atoms with E-state index >= 15 is 0 Å². The van der Waals surface area contributed by atoms with Gasteiger partial charge >= 0.3 is 0 Å². The van der Waals surface area contributed by atoms with E-state index in [-0.39, 0.29) is 18.6 Å². The zero-order valence-electron chi connectivity index (χ0n) is 16.0. The van der Waals surface area contributed by atoms with Gasteiger partial charge in [-0.05, 0) is 55.2 Å². The van der Waals surface area contributed by atoms with Gasteiger partial charge in [-0.15, -0.1) is 0 Å². The van der Waals surface area contributed by atoms with Gasteiger partial charge in [0, 0.05) is 43.5 Å². The Kier molecular flexibility index (Phi) is 6.89. The summed E-state index contributed by atoms with van der Waals surface area (Å²) >= 11 is 5.97. The second-order valence-corrected chi connectivity index (χ2v) is 7.61. The minimum absolute atomic E-state index is 0.0271. The maximum atomic E-state index is 12.7. The van der Waals surface area contributed by atoms with E-state index in [0.717, 1.165) is 48.7 Å². The lowest BCUT2D eigenvalue weighted by Gasteiger charge is -2.38. The molecule has 0 aromatic heterocycles. The second-order valence-electron chi connectivity index (χ2n) is 7.17. The third-order valence-corrected chi connectivity index (χ3v) is 5.31. The van der Waals surface area contributed by atoms with Crippen LogP contribution in [0.3, 0.4) is 0 Å². The van der Waals surface area contributed by atoms with Crippen molar-refractivity contribution in [1.29, 1.82) is 0 Å². The molecule has 0 unspecified atom stereocenters. The number of carbonyl (C=O) groups is 1. The minimum atomic E-state index is 0.0271. The lowest BCUT2D eigenvalue weighted by atomic mass is 10.0. The number of benzene rings is 2. The third-order valence-electron chi connectivity index (χ3n) is 5.06. The normalized spacial score (nSPS) is 15.7. The highest BCUT2D eigenvalue weighted by atomic mass is 35.5. The Hall–Kier alpha value is -1.88. The number of methoxy groups -OCH3 is 1. The molecule has 2 aromatic rings. The summed E-state index contributed by atoms with van der Waals surface area (Å²) in [6.45, 7) is 5.02. The number of aryl methyl sites for hydroxylation is 1. The lowest BCUT2D eigenvalue weighted by molar-refractivity contribution is -0.122. The molecule has 1 fully saturated rings. The summed E-state index contributed by atoms with van der Waals surface area (Å²) in [5.74, 6) is 0.0271. The molecule has 0 radical (unpaired) electrons. The van der Waals surface area contributed by atoms with E-state index < -0.39 is 0 Å². The molecule has 0 spiro atoms. The third kappa shape index (κ3) is 5.32. The van der Waals surface area contributed by atoms with Gasteiger partial charge in [-0.1, -0.05) is 35.9 Å². The molecule has 0 saturated carbocycles. The molecule has 0 aliphatic carbocycles. The fraction of sp³-hybridized carbons (Fsp3) is 0.409. The van der Waals surface area contributed by atoms with Gasteiger partial charge in [-0.3, -0.25) is 9.69 Å². The van der Waals surface area contributed by atoms with Crippen LogP contribution in [0.15, 0.2) is 48.5 Å². The largest absolute Gasteiger partial charge is 0.375 e. The van der Waals surface area contributed by atoms with Gasteiger partial charge in [0.15, 0.2) is 0 Å². The Morgan fingerprint density at radius 3 is 2.52 bits per heavy atom. The van der Waals surface area contributed by atoms with Crippen LogP contribution in [0.5, 0.6) is 0 Å². The van der Waals surface area contributed by atoms with Crippen molar-refractivity contribution in [2.24, 2.45) is 0 Å². The summed E-state index contributed by atoms with van der Waals surface area (Å²) in [6, 6.07) is 16.4. The molecular formula is C22H27ClN2O2. The van der Waals surface area contributed by atoms with E-state index in [1.807, 2.05) is 29.2 Å². The Bertz CT molecular complexity index is 755. The van der Waals surface area contributed by atoms with Gasteiger partial charge in [0.1, 0.15) is 6.61 Å². The summed E-state index contributed by atoms with van der Waals surface area (Å²) in [6.07, 6.45) is 1.91. The number of piperidine rings is 1. The van der Waals surface area contributed by atoms with Crippen LogP contribution < -0.4 is 4.90 Å². The van der Waals surface area contributed by atoms with Crippen molar-refractivity contribution in [3.8, 4) is 0 Å². The first-order valence-electron chi connectivity index (χ1n) is 9.41. The number of ether oxygens (including phenoxy) is 1. The Morgan fingerprint density at radius 2 is 1.89 bits per heavy atom. The fourth-order valence-corrected chi connectivity index (χ4v) is 3.84. The van der Waals surface area contributed by atoms with Crippen molar-refractivity contribution in [2.75, 3.05) is 31.7 Å². The number of amides is 1. The quantitative estimate of drug-likeness (QED) is 0.742. The monoisotopic (exact) mass is 386 g/mol. The average Bonchev–Trinajstić information content (AvgIpc) is 2.66. The van der Waals surface area contributed by atoms with Crippen molar-refractivity contribution >= 4 is 23.2 Å². The number of hydrogen-bond acceptors (Lipinski definition) is 3. The van der Waals surface area contributed by atoms with E-state index in [1.54, 1.807) is 7.11 Å². The first-order valence-corrected chi connectivity index (χ1v) is 9.79. The maximum absolute atomic E-state index is 12.7. The minimum Gasteiger partial charge on any atom is -0.375 e. The zero-order valence-corrected chi connectivity index (χ0v) is 16.8. The number of likely N-dealkylation sites (tertiary alicyclic amines) is 1. The highest BCUT2D eigenvalue weighted by Gasteiger charge is 2.29. The van der Waals surface area contributed by atoms with Crippen LogP contribution in [0.4, 0.5) is 5.69 Å². The molecular weight excluding hydrogens is 360 g/mol. The van der Waals surface area contributed by atoms with Crippen LogP contribution >= 0.6 is 11.6 Å². The van der Waals surface area contributed by atoms with Crippen LogP contribution in [-0.4, -0.2) is 43.7 Å². The van der Waals surface area contributed by atoms with Crippen LogP contribution in [0.2, 0.25) is 5.02 Å². The Labute approximate surface area is 166 Å². The standard InChI is InChI=1S/C22H27ClN2O2/c1-17-4-3-5-21(14-17)25(22(26)16-27-2)20-10-12-24(13-11-20)15-18-6-8-19(23)9-7-18/h3-9,14,20H,10-13,15-16H2,1-2H3. The van der Waals surface area contributed by atoms with E-state index in [4.69, 9.17) is 16.3 Å². The summed E-state index contributed by atoms with van der Waals surface area (Å²) in [7, 11) is 1.57. The summed E-state index contributed by atoms with van der Waals surface area (Å²) < 4.78 is 5.12. The molecule has 1 saturated heterocycles. The van der Waals surface area contributed by atoms with E-state index in [0.29, 0.717) is 0 Å². The highest BCUT2D eigenvalue weighted by Crippen LogP contribution is 2.26. The van der Waals surface area contributed by atoms with Gasteiger partial charge in [0.2, 0.25) is 0 Å². The van der Waals surface area contributed by atoms with Gasteiger partial charge < -0.3 is 9.64 Å². The number of rotatable bonds is 6. The van der Waals surface area contributed by atoms with Crippen molar-refractivity contribution in [1.82, 2.24) is 4.90 Å². The Balaban J connectivity index is 1.66. The smallest absolute Gasteiger partial charge is 0.253 e. The molecule has 0 bridgehead atoms. The topological polar surface area (TPSA) is 32.8 Å². The van der Waals surface area contributed by atoms with Gasteiger partial charge in [0.05, 0.1) is 0 Å². The molecule has 0 atom stereocenters. The van der Waals surface area contributed by atoms with Gasteiger partial charge in [0.25, 0.3) is 5.91 Å². The molecule has 1 amide bonds. The molecule has 1 heterocycles. The highest BCUT2D eigenvalue weighted by molar-refractivity contribution is 6.30. The number of nitrogens with zero attached hydrogens (tertiary/aromatic N) is 2. The number of anilines is 1. The SMILES string of the molecule is COCC(=O)N(c1cccc(C)c1)C1CCN(Cc2ccc(Cl)cc2)CC1. The van der Waals surface area contributed by atoms with E-state index in [9.17, 15) is 4.79 Å². The van der Waals surface area contributed by atoms with Crippen LogP contribution in [-0.2, 0) is 16.1 Å². The van der Waals surface area contributed by atoms with Crippen molar-refractivity contribution in [2.45, 2.75) is 32.4 Å². The molecule has 1 aliphatic rings. The number of halogens is 1. The molecule has 4 nitrogen and oxygen atoms in total. The molecule has 3 rings (SSSR count). The molecule has 5 heteroatoms. The molecule has 27 heavy (non-hydrogen) atoms. The lowest BCUT2D eigenvalue weighted by Crippen LogP contribution is -2.48. The Morgan fingerprint density at radius 1 is 1.19 bits per heavy atom. The predicted molar refractivity (Wildman–Crippen MR) is 110 cm³/mol. The van der Waals surface area contributed by atoms with Crippen LogP contribution in [0.1, 0.15) is 24.0 Å². The van der Waals surface area contributed by atoms with Crippen LogP contribution in [0, 0.1) is 6.92 Å². The van der Waals surface area contributed by atoms with Gasteiger partial charge in [-0.2, -0.15) is 0 Å². The summed E-state index contributed by atoms with van der Waals surface area (Å²) in [5, 5.41) is 0.767. The number of carbonyl (C=O) groups excluding carboxylic acids is 1. The van der Waals surface area contributed by atoms with E-state index in [1.165, 1.54) is 5.56 Å². The maximum Gasteiger partial charge on any atom is 0.253 e. The van der Waals surface area contributed by atoms with Gasteiger partial charge in [-0.25, -0.2) is 0 Å². The fourth-order valence-electron chi connectivity index (χ4n) is 3.71. The van der Waals surface area contributed by atoms with Crippen molar-refractivity contribution in [3.05, 3.63) is 64.7 Å². The summed E-state index contributed by atoms with van der Waals surface area (Å²) in [5.41, 5.74) is 3.39. The first kappa shape index (κ1) is 19.9. The van der Waals surface area contributed by atoms with E-state index in [2.05, 4.69) is 36.1 Å². The zero-order chi connectivity index (χ0) is 19.2. The molecule has 144 valence electrons. The average molecular weight is 387 g/mol. The summed E-state index contributed by atoms with van der Waals surface area (Å²) in [4.78, 5) is 17.1. The molecule has 1 aliphatic heterocycles. The van der Waals surface area contributed by atoms with Crippen LogP contribution in [0.25, 0.3) is 0 Å².